The summed E-state index contributed by atoms with van der Waals surface area (Å²) in [5, 5.41) is 16.9. The Kier molecular flexibility index (Phi) is 4.88. The minimum Gasteiger partial charge on any atom is -0.506 e. The molecule has 2 N–H and O–H groups in total. The van der Waals surface area contributed by atoms with Crippen LogP contribution in [-0.2, 0) is 0 Å². The second kappa shape index (κ2) is 7.15. The summed E-state index contributed by atoms with van der Waals surface area (Å²) in [6, 6.07) is 12.5. The smallest absolute Gasteiger partial charge is 0.174 e. The van der Waals surface area contributed by atoms with Gasteiger partial charge in [-0.25, -0.2) is 0 Å². The number of hydrogen-bond acceptors (Lipinski definition) is 4. The fourth-order valence-electron chi connectivity index (χ4n) is 3.08. The van der Waals surface area contributed by atoms with E-state index in [9.17, 15) is 5.11 Å². The van der Waals surface area contributed by atoms with Crippen molar-refractivity contribution in [3.8, 4) is 5.75 Å². The fraction of sp³-hybridized carbons (Fsp3) is 0.111. The molecule has 1 aromatic carbocycles. The standard InChI is InChI=1S/C18H13BrClN3OS2/c19-10-7-15(26-9-10)17-16(12-3-1-2-6-21-12)22-18(25)23(17)13-8-11(20)4-5-14(13)24/h1-9,16-17,24H,(H,22,25)/t16-,17+/m1/s1. The second-order valence-electron chi connectivity index (χ2n) is 5.80. The molecule has 0 aliphatic carbocycles. The van der Waals surface area contributed by atoms with Crippen LogP contribution in [0.2, 0.25) is 5.02 Å². The first-order valence-electron chi connectivity index (χ1n) is 7.77. The minimum absolute atomic E-state index is 0.126. The van der Waals surface area contributed by atoms with E-state index in [1.165, 1.54) is 0 Å². The van der Waals surface area contributed by atoms with Crippen LogP contribution in [0.3, 0.4) is 0 Å². The maximum atomic E-state index is 10.4. The van der Waals surface area contributed by atoms with E-state index in [4.69, 9.17) is 23.8 Å². The lowest BCUT2D eigenvalue weighted by molar-refractivity contribution is 0.473. The van der Waals surface area contributed by atoms with Gasteiger partial charge in [-0.15, -0.1) is 11.3 Å². The molecule has 4 nitrogen and oxygen atoms in total. The van der Waals surface area contributed by atoms with Crippen molar-refractivity contribution >= 4 is 61.9 Å². The van der Waals surface area contributed by atoms with Gasteiger partial charge in [0.25, 0.3) is 0 Å². The van der Waals surface area contributed by atoms with Crippen molar-refractivity contribution in [2.75, 3.05) is 4.90 Å². The van der Waals surface area contributed by atoms with Crippen LogP contribution in [-0.4, -0.2) is 15.2 Å². The number of aromatic nitrogens is 1. The Morgan fingerprint density at radius 1 is 1.27 bits per heavy atom. The van der Waals surface area contributed by atoms with Crippen molar-refractivity contribution in [2.45, 2.75) is 12.1 Å². The number of thiophene rings is 1. The Morgan fingerprint density at radius 2 is 2.12 bits per heavy atom. The number of nitrogens with zero attached hydrogens (tertiary/aromatic N) is 2. The van der Waals surface area contributed by atoms with Crippen LogP contribution >= 0.6 is 51.1 Å². The molecule has 26 heavy (non-hydrogen) atoms. The topological polar surface area (TPSA) is 48.4 Å². The number of pyridine rings is 1. The molecule has 0 spiro atoms. The van der Waals surface area contributed by atoms with Gasteiger partial charge < -0.3 is 15.3 Å². The molecule has 0 bridgehead atoms. The average molecular weight is 467 g/mol. The molecule has 0 unspecified atom stereocenters. The predicted octanol–water partition coefficient (Wildman–Crippen LogP) is 5.44. The lowest BCUT2D eigenvalue weighted by atomic mass is 10.0. The van der Waals surface area contributed by atoms with Gasteiger partial charge in [0.05, 0.1) is 23.5 Å². The van der Waals surface area contributed by atoms with Crippen molar-refractivity contribution in [1.82, 2.24) is 10.3 Å². The Balaban J connectivity index is 1.86. The zero-order chi connectivity index (χ0) is 18.3. The van der Waals surface area contributed by atoms with E-state index in [0.717, 1.165) is 15.0 Å². The minimum atomic E-state index is -0.155. The lowest BCUT2D eigenvalue weighted by Gasteiger charge is -2.27. The highest BCUT2D eigenvalue weighted by atomic mass is 79.9. The third-order valence-corrected chi connectivity index (χ3v) is 6.49. The number of nitrogens with one attached hydrogen (secondary N) is 1. The van der Waals surface area contributed by atoms with Crippen LogP contribution in [0.5, 0.6) is 5.75 Å². The maximum Gasteiger partial charge on any atom is 0.174 e. The van der Waals surface area contributed by atoms with E-state index in [1.54, 1.807) is 35.7 Å². The summed E-state index contributed by atoms with van der Waals surface area (Å²) in [5.41, 5.74) is 1.45. The largest absolute Gasteiger partial charge is 0.506 e. The molecule has 3 aromatic rings. The van der Waals surface area contributed by atoms with Gasteiger partial charge in [0.1, 0.15) is 5.75 Å². The quantitative estimate of drug-likeness (QED) is 0.503. The Hall–Kier alpha value is -1.67. The van der Waals surface area contributed by atoms with Crippen molar-refractivity contribution in [2.24, 2.45) is 0 Å². The number of phenolic OH excluding ortho intramolecular Hbond substituents is 1. The molecule has 1 aliphatic heterocycles. The Labute approximate surface area is 173 Å². The molecule has 132 valence electrons. The fourth-order valence-corrected chi connectivity index (χ4v) is 5.15. The zero-order valence-corrected chi connectivity index (χ0v) is 17.2. The van der Waals surface area contributed by atoms with Crippen molar-refractivity contribution < 1.29 is 5.11 Å². The van der Waals surface area contributed by atoms with Crippen LogP contribution in [0.4, 0.5) is 5.69 Å². The number of rotatable bonds is 3. The average Bonchev–Trinajstić information content (AvgIpc) is 3.21. The van der Waals surface area contributed by atoms with Gasteiger partial charge in [-0.1, -0.05) is 17.7 Å². The molecule has 2 aromatic heterocycles. The van der Waals surface area contributed by atoms with Crippen molar-refractivity contribution in [3.63, 3.8) is 0 Å². The highest BCUT2D eigenvalue weighted by Crippen LogP contribution is 2.46. The highest BCUT2D eigenvalue weighted by Gasteiger charge is 2.42. The van der Waals surface area contributed by atoms with E-state index in [2.05, 4.69) is 32.3 Å². The summed E-state index contributed by atoms with van der Waals surface area (Å²) in [7, 11) is 0. The second-order valence-corrected chi connectivity index (χ2v) is 8.48. The van der Waals surface area contributed by atoms with Crippen LogP contribution in [0.15, 0.2) is 58.5 Å². The van der Waals surface area contributed by atoms with E-state index >= 15 is 0 Å². The maximum absolute atomic E-state index is 10.4. The molecule has 1 saturated heterocycles. The summed E-state index contributed by atoms with van der Waals surface area (Å²) in [6.07, 6.45) is 1.76. The van der Waals surface area contributed by atoms with E-state index in [-0.39, 0.29) is 17.8 Å². The van der Waals surface area contributed by atoms with Gasteiger partial charge in [-0.2, -0.15) is 0 Å². The molecule has 4 rings (SSSR count). The number of anilines is 1. The van der Waals surface area contributed by atoms with Gasteiger partial charge in [-0.05, 0) is 64.5 Å². The summed E-state index contributed by atoms with van der Waals surface area (Å²) >= 11 is 16.9. The Bertz CT molecular complexity index is 966. The third-order valence-electron chi connectivity index (χ3n) is 4.17. The van der Waals surface area contributed by atoms with Crippen LogP contribution in [0.25, 0.3) is 0 Å². The normalized spacial score (nSPS) is 19.6. The highest BCUT2D eigenvalue weighted by molar-refractivity contribution is 9.10. The number of phenols is 1. The summed E-state index contributed by atoms with van der Waals surface area (Å²) < 4.78 is 1.00. The molecule has 2 atom stereocenters. The van der Waals surface area contributed by atoms with Gasteiger partial charge in [0.15, 0.2) is 5.11 Å². The summed E-state index contributed by atoms with van der Waals surface area (Å²) in [5.74, 6) is 0.126. The number of hydrogen-bond donors (Lipinski definition) is 2. The Morgan fingerprint density at radius 3 is 2.81 bits per heavy atom. The van der Waals surface area contributed by atoms with Crippen LogP contribution in [0, 0.1) is 0 Å². The van der Waals surface area contributed by atoms with Crippen LogP contribution < -0.4 is 10.2 Å². The third kappa shape index (κ3) is 3.20. The monoisotopic (exact) mass is 465 g/mol. The van der Waals surface area contributed by atoms with Crippen molar-refractivity contribution in [3.05, 3.63) is 74.1 Å². The van der Waals surface area contributed by atoms with Gasteiger partial charge in [-0.3, -0.25) is 4.98 Å². The molecule has 1 aliphatic rings. The molecule has 0 amide bonds. The number of thiocarbonyl (C=S) groups is 1. The molecule has 0 radical (unpaired) electrons. The van der Waals surface area contributed by atoms with Gasteiger partial charge in [0.2, 0.25) is 0 Å². The first-order valence-corrected chi connectivity index (χ1v) is 10.2. The molecular formula is C18H13BrClN3OS2. The number of benzene rings is 1. The molecule has 3 heterocycles. The molecule has 8 heteroatoms. The molecular weight excluding hydrogens is 454 g/mol. The van der Waals surface area contributed by atoms with E-state index in [1.807, 2.05) is 28.5 Å². The summed E-state index contributed by atoms with van der Waals surface area (Å²) in [6.45, 7) is 0. The molecule has 1 fully saturated rings. The van der Waals surface area contributed by atoms with Crippen molar-refractivity contribution in [1.29, 1.82) is 0 Å². The zero-order valence-electron chi connectivity index (χ0n) is 13.3. The molecule has 0 saturated carbocycles. The lowest BCUT2D eigenvalue weighted by Crippen LogP contribution is -2.29. The van der Waals surface area contributed by atoms with Crippen LogP contribution in [0.1, 0.15) is 22.7 Å². The SMILES string of the molecule is Oc1ccc(Cl)cc1N1C(=S)N[C@H](c2ccccn2)[C@@H]1c1cc(Br)cs1. The number of aromatic hydroxyl groups is 1. The first kappa shape index (κ1) is 17.7. The predicted molar refractivity (Wildman–Crippen MR) is 113 cm³/mol. The van der Waals surface area contributed by atoms with Gasteiger partial charge >= 0.3 is 0 Å². The van der Waals surface area contributed by atoms with E-state index < -0.39 is 0 Å². The summed E-state index contributed by atoms with van der Waals surface area (Å²) in [4.78, 5) is 7.51. The number of halogens is 2. The van der Waals surface area contributed by atoms with Gasteiger partial charge in [0, 0.05) is 25.9 Å². The first-order chi connectivity index (χ1) is 12.5. The van der Waals surface area contributed by atoms with E-state index in [0.29, 0.717) is 15.8 Å².